The quantitative estimate of drug-likeness (QED) is 0.648. The summed E-state index contributed by atoms with van der Waals surface area (Å²) in [6.45, 7) is 0. The van der Waals surface area contributed by atoms with Gasteiger partial charge in [-0.2, -0.15) is 13.2 Å². The number of alkyl halides is 3. The largest absolute Gasteiger partial charge is 0.485 e. The lowest BCUT2D eigenvalue weighted by Gasteiger charge is -2.23. The Bertz CT molecular complexity index is 227. The van der Waals surface area contributed by atoms with Crippen LogP contribution in [-0.2, 0) is 4.79 Å². The van der Waals surface area contributed by atoms with Crippen LogP contribution in [0.5, 0.6) is 0 Å². The van der Waals surface area contributed by atoms with Gasteiger partial charge in [0.25, 0.3) is 0 Å². The SMILES string of the molecule is O=C(O)C1SC=CN1C(F)(F)F. The number of hydrogen-bond donors (Lipinski definition) is 1. The maximum atomic E-state index is 12.0. The minimum Gasteiger partial charge on any atom is -0.479 e. The third-order valence-corrected chi connectivity index (χ3v) is 2.15. The van der Waals surface area contributed by atoms with Gasteiger partial charge in [0.05, 0.1) is 0 Å². The van der Waals surface area contributed by atoms with Crippen LogP contribution in [0.3, 0.4) is 0 Å². The van der Waals surface area contributed by atoms with Crippen molar-refractivity contribution >= 4 is 17.7 Å². The minimum atomic E-state index is -4.62. The number of nitrogens with zero attached hydrogens (tertiary/aromatic N) is 1. The Hall–Kier alpha value is -0.850. The van der Waals surface area contributed by atoms with Crippen LogP contribution >= 0.6 is 11.8 Å². The predicted molar refractivity (Wildman–Crippen MR) is 36.0 cm³/mol. The van der Waals surface area contributed by atoms with E-state index in [-0.39, 0.29) is 4.90 Å². The fourth-order valence-electron chi connectivity index (χ4n) is 0.714. The molecule has 0 saturated heterocycles. The zero-order chi connectivity index (χ0) is 9.35. The van der Waals surface area contributed by atoms with Gasteiger partial charge in [-0.25, -0.2) is 4.79 Å². The minimum absolute atomic E-state index is 0.153. The van der Waals surface area contributed by atoms with E-state index in [9.17, 15) is 18.0 Å². The first-order valence-electron chi connectivity index (χ1n) is 2.83. The molecule has 0 aromatic rings. The zero-order valence-electron chi connectivity index (χ0n) is 5.58. The fraction of sp³-hybridized carbons (Fsp3) is 0.400. The van der Waals surface area contributed by atoms with Gasteiger partial charge >= 0.3 is 12.3 Å². The summed E-state index contributed by atoms with van der Waals surface area (Å²) in [7, 11) is 0. The van der Waals surface area contributed by atoms with E-state index < -0.39 is 17.6 Å². The Morgan fingerprint density at radius 2 is 2.17 bits per heavy atom. The van der Waals surface area contributed by atoms with E-state index in [1.54, 1.807) is 0 Å². The second kappa shape index (κ2) is 2.89. The third-order valence-electron chi connectivity index (χ3n) is 1.19. The summed E-state index contributed by atoms with van der Waals surface area (Å²) in [4.78, 5) is 10.1. The topological polar surface area (TPSA) is 40.5 Å². The van der Waals surface area contributed by atoms with E-state index >= 15 is 0 Å². The van der Waals surface area contributed by atoms with E-state index in [0.29, 0.717) is 18.0 Å². The lowest BCUT2D eigenvalue weighted by molar-refractivity contribution is -0.231. The Kier molecular flexibility index (Phi) is 2.22. The van der Waals surface area contributed by atoms with Gasteiger partial charge in [-0.3, -0.25) is 4.90 Å². The fourth-order valence-corrected chi connectivity index (χ4v) is 1.50. The van der Waals surface area contributed by atoms with E-state index in [4.69, 9.17) is 5.11 Å². The number of hydrogen-bond acceptors (Lipinski definition) is 3. The summed E-state index contributed by atoms with van der Waals surface area (Å²) in [5.41, 5.74) is 0. The van der Waals surface area contributed by atoms with Gasteiger partial charge in [0.15, 0.2) is 5.37 Å². The van der Waals surface area contributed by atoms with Gasteiger partial charge in [-0.15, -0.1) is 0 Å². The molecule has 12 heavy (non-hydrogen) atoms. The predicted octanol–water partition coefficient (Wildman–Crippen LogP) is 1.44. The lowest BCUT2D eigenvalue weighted by atomic mass is 10.5. The molecule has 0 spiro atoms. The van der Waals surface area contributed by atoms with Gasteiger partial charge < -0.3 is 5.11 Å². The lowest BCUT2D eigenvalue weighted by Crippen LogP contribution is -2.41. The molecule has 1 unspecified atom stereocenters. The molecule has 0 radical (unpaired) electrons. The van der Waals surface area contributed by atoms with Crippen molar-refractivity contribution in [2.75, 3.05) is 0 Å². The zero-order valence-corrected chi connectivity index (χ0v) is 6.39. The molecule has 0 aliphatic carbocycles. The second-order valence-corrected chi connectivity index (χ2v) is 2.98. The molecule has 0 fully saturated rings. The van der Waals surface area contributed by atoms with Gasteiger partial charge in [0.2, 0.25) is 0 Å². The van der Waals surface area contributed by atoms with Crippen molar-refractivity contribution < 1.29 is 23.1 Å². The highest BCUT2D eigenvalue weighted by atomic mass is 32.2. The first kappa shape index (κ1) is 9.24. The van der Waals surface area contributed by atoms with Gasteiger partial charge in [-0.05, 0) is 5.41 Å². The normalized spacial score (nSPS) is 23.2. The van der Waals surface area contributed by atoms with E-state index in [1.807, 2.05) is 0 Å². The Morgan fingerprint density at radius 3 is 2.50 bits per heavy atom. The maximum Gasteiger partial charge on any atom is 0.485 e. The van der Waals surface area contributed by atoms with Crippen LogP contribution in [0.2, 0.25) is 0 Å². The van der Waals surface area contributed by atoms with Crippen molar-refractivity contribution in [1.82, 2.24) is 4.90 Å². The molecule has 0 aromatic carbocycles. The average Bonchev–Trinajstić information content (AvgIpc) is 2.30. The number of carboxylic acids is 1. The summed E-state index contributed by atoms with van der Waals surface area (Å²) < 4.78 is 35.9. The highest BCUT2D eigenvalue weighted by Gasteiger charge is 2.45. The molecule has 3 nitrogen and oxygen atoms in total. The van der Waals surface area contributed by atoms with Gasteiger partial charge in [-0.1, -0.05) is 11.8 Å². The highest BCUT2D eigenvalue weighted by Crippen LogP contribution is 2.34. The van der Waals surface area contributed by atoms with Crippen molar-refractivity contribution in [1.29, 1.82) is 0 Å². The number of aliphatic carboxylic acids is 1. The van der Waals surface area contributed by atoms with Gasteiger partial charge in [0.1, 0.15) is 0 Å². The Labute approximate surface area is 69.8 Å². The molecule has 1 N–H and O–H groups in total. The average molecular weight is 199 g/mol. The number of rotatable bonds is 1. The molecule has 0 amide bonds. The number of carbonyl (C=O) groups is 1. The molecule has 0 bridgehead atoms. The second-order valence-electron chi connectivity index (χ2n) is 1.99. The Balaban J connectivity index is 2.76. The molecule has 1 heterocycles. The van der Waals surface area contributed by atoms with Crippen LogP contribution in [0.15, 0.2) is 11.6 Å². The molecule has 7 heteroatoms. The number of carboxylic acid groups (broad SMARTS) is 1. The maximum absolute atomic E-state index is 12.0. The summed E-state index contributed by atoms with van der Waals surface area (Å²) in [5, 5.41) is 7.87. The smallest absolute Gasteiger partial charge is 0.479 e. The number of thioether (sulfide) groups is 1. The number of halogens is 3. The molecule has 0 saturated carbocycles. The summed E-state index contributed by atoms with van der Waals surface area (Å²) in [6.07, 6.45) is -3.91. The molecule has 1 rings (SSSR count). The van der Waals surface area contributed by atoms with Crippen LogP contribution in [0.25, 0.3) is 0 Å². The monoisotopic (exact) mass is 199 g/mol. The van der Waals surface area contributed by atoms with Crippen molar-refractivity contribution in [3.63, 3.8) is 0 Å². The first-order valence-corrected chi connectivity index (χ1v) is 3.77. The molecular formula is C5H4F3NO2S. The molecule has 1 aliphatic rings. The van der Waals surface area contributed by atoms with Crippen LogP contribution in [0, 0.1) is 0 Å². The molecule has 1 aliphatic heterocycles. The third kappa shape index (κ3) is 1.66. The summed E-state index contributed by atoms with van der Waals surface area (Å²) in [6, 6.07) is 0. The Morgan fingerprint density at radius 1 is 1.58 bits per heavy atom. The standard InChI is InChI=1S/C5H4F3NO2S/c6-5(7,8)9-1-2-12-3(9)4(10)11/h1-3H,(H,10,11). The van der Waals surface area contributed by atoms with Crippen LogP contribution < -0.4 is 0 Å². The molecular weight excluding hydrogens is 195 g/mol. The van der Waals surface area contributed by atoms with Crippen LogP contribution in [0.4, 0.5) is 13.2 Å². The van der Waals surface area contributed by atoms with Crippen molar-refractivity contribution in [3.8, 4) is 0 Å². The van der Waals surface area contributed by atoms with Crippen molar-refractivity contribution in [2.45, 2.75) is 11.7 Å². The van der Waals surface area contributed by atoms with E-state index in [2.05, 4.69) is 0 Å². The summed E-state index contributed by atoms with van der Waals surface area (Å²) in [5.74, 6) is -1.50. The van der Waals surface area contributed by atoms with Crippen molar-refractivity contribution in [2.24, 2.45) is 0 Å². The molecule has 0 aromatic heterocycles. The molecule has 68 valence electrons. The van der Waals surface area contributed by atoms with Crippen LogP contribution in [0.1, 0.15) is 0 Å². The summed E-state index contributed by atoms with van der Waals surface area (Å²) >= 11 is 0.611. The first-order chi connectivity index (χ1) is 5.43. The van der Waals surface area contributed by atoms with Crippen LogP contribution in [-0.4, -0.2) is 27.6 Å². The van der Waals surface area contributed by atoms with Gasteiger partial charge in [0, 0.05) is 6.20 Å². The van der Waals surface area contributed by atoms with E-state index in [1.165, 1.54) is 0 Å². The highest BCUT2D eigenvalue weighted by molar-refractivity contribution is 8.03. The van der Waals surface area contributed by atoms with E-state index in [0.717, 1.165) is 5.41 Å². The van der Waals surface area contributed by atoms with Crippen molar-refractivity contribution in [3.05, 3.63) is 11.6 Å². The molecule has 1 atom stereocenters.